The van der Waals surface area contributed by atoms with E-state index in [-0.39, 0.29) is 0 Å². The lowest BCUT2D eigenvalue weighted by molar-refractivity contribution is -0.282. The van der Waals surface area contributed by atoms with Crippen LogP contribution in [-0.4, -0.2) is 14.9 Å². The first-order valence-corrected chi connectivity index (χ1v) is 6.70. The SMILES string of the molecule is O=[PH](O)OC(O)(OPO)c1cccc(C(F)(F)F)c1. The van der Waals surface area contributed by atoms with Crippen molar-refractivity contribution in [3.8, 4) is 0 Å². The van der Waals surface area contributed by atoms with Crippen LogP contribution in [0.25, 0.3) is 0 Å². The molecule has 1 aromatic carbocycles. The van der Waals surface area contributed by atoms with Gasteiger partial charge in [0.25, 0.3) is 0 Å². The van der Waals surface area contributed by atoms with Crippen molar-refractivity contribution in [1.29, 1.82) is 0 Å². The summed E-state index contributed by atoms with van der Waals surface area (Å²) in [6.45, 7) is 0. The molecule has 0 saturated carbocycles. The summed E-state index contributed by atoms with van der Waals surface area (Å²) < 4.78 is 56.5. The van der Waals surface area contributed by atoms with E-state index in [4.69, 9.17) is 9.79 Å². The summed E-state index contributed by atoms with van der Waals surface area (Å²) >= 11 is 0. The van der Waals surface area contributed by atoms with Crippen LogP contribution >= 0.6 is 17.3 Å². The van der Waals surface area contributed by atoms with Crippen LogP contribution in [-0.2, 0) is 25.8 Å². The lowest BCUT2D eigenvalue weighted by Gasteiger charge is -2.25. The molecule has 0 fully saturated rings. The number of halogens is 3. The normalized spacial score (nSPS) is 17.6. The lowest BCUT2D eigenvalue weighted by atomic mass is 10.1. The molecule has 0 radical (unpaired) electrons. The smallest absolute Gasteiger partial charge is 0.352 e. The van der Waals surface area contributed by atoms with Crippen molar-refractivity contribution < 1.29 is 41.7 Å². The Morgan fingerprint density at radius 2 is 1.84 bits per heavy atom. The van der Waals surface area contributed by atoms with Gasteiger partial charge in [-0.15, -0.1) is 0 Å². The zero-order valence-corrected chi connectivity index (χ0v) is 11.0. The fourth-order valence-corrected chi connectivity index (χ4v) is 1.97. The summed E-state index contributed by atoms with van der Waals surface area (Å²) in [5.41, 5.74) is -1.69. The third-order valence-electron chi connectivity index (χ3n) is 1.96. The van der Waals surface area contributed by atoms with Gasteiger partial charge in [-0.2, -0.15) is 13.2 Å². The Hall–Kier alpha value is -0.530. The summed E-state index contributed by atoms with van der Waals surface area (Å²) in [5, 5.41) is 9.74. The standard InChI is InChI=1S/C8H9F3O6P2/c9-7(10,11)5-2-1-3-6(4-5)8(12,16-18-13)17-19(14)15/h1-4,12-13,18-19H,(H,14,15). The monoisotopic (exact) mass is 320 g/mol. The summed E-state index contributed by atoms with van der Waals surface area (Å²) in [6, 6.07) is 3.14. The van der Waals surface area contributed by atoms with Gasteiger partial charge in [0.15, 0.2) is 9.03 Å². The minimum absolute atomic E-state index is 0.477. The van der Waals surface area contributed by atoms with E-state index in [1.54, 1.807) is 0 Å². The van der Waals surface area contributed by atoms with E-state index in [2.05, 4.69) is 9.05 Å². The van der Waals surface area contributed by atoms with Crippen LogP contribution in [0.2, 0.25) is 0 Å². The molecule has 19 heavy (non-hydrogen) atoms. The van der Waals surface area contributed by atoms with Crippen molar-refractivity contribution in [3.63, 3.8) is 0 Å². The third kappa shape index (κ3) is 4.50. The molecular formula is C8H9F3O6P2. The first-order chi connectivity index (χ1) is 8.69. The highest BCUT2D eigenvalue weighted by atomic mass is 31.1. The van der Waals surface area contributed by atoms with E-state index in [1.165, 1.54) is 0 Å². The molecule has 0 bridgehead atoms. The van der Waals surface area contributed by atoms with E-state index in [0.29, 0.717) is 6.07 Å². The Balaban J connectivity index is 3.20. The minimum atomic E-state index is -4.68. The van der Waals surface area contributed by atoms with Crippen LogP contribution in [0.3, 0.4) is 0 Å². The summed E-state index contributed by atoms with van der Waals surface area (Å²) in [4.78, 5) is 17.2. The van der Waals surface area contributed by atoms with E-state index in [1.807, 2.05) is 0 Å². The number of rotatable bonds is 5. The van der Waals surface area contributed by atoms with Gasteiger partial charge in [-0.1, -0.05) is 12.1 Å². The second-order valence-corrected chi connectivity index (χ2v) is 4.34. The van der Waals surface area contributed by atoms with Crippen LogP contribution in [0.5, 0.6) is 0 Å². The average Bonchev–Trinajstić information content (AvgIpc) is 2.27. The molecule has 1 rings (SSSR count). The van der Waals surface area contributed by atoms with Crippen molar-refractivity contribution >= 4 is 17.3 Å². The van der Waals surface area contributed by atoms with Gasteiger partial charge in [0.2, 0.25) is 0 Å². The Morgan fingerprint density at radius 1 is 1.26 bits per heavy atom. The molecule has 0 spiro atoms. The molecule has 0 aliphatic rings. The molecule has 108 valence electrons. The van der Waals surface area contributed by atoms with Crippen LogP contribution < -0.4 is 0 Å². The molecule has 0 aliphatic heterocycles. The van der Waals surface area contributed by atoms with Crippen molar-refractivity contribution in [1.82, 2.24) is 0 Å². The molecule has 1 aromatic rings. The predicted octanol–water partition coefficient (Wildman–Crippen LogP) is 1.72. The lowest BCUT2D eigenvalue weighted by Crippen LogP contribution is -2.28. The molecule has 0 aromatic heterocycles. The van der Waals surface area contributed by atoms with Gasteiger partial charge in [-0.25, -0.2) is 4.52 Å². The van der Waals surface area contributed by atoms with Crippen molar-refractivity contribution in [2.75, 3.05) is 0 Å². The Bertz CT molecular complexity index is 468. The van der Waals surface area contributed by atoms with Crippen molar-refractivity contribution in [3.05, 3.63) is 35.4 Å². The van der Waals surface area contributed by atoms with E-state index in [9.17, 15) is 22.8 Å². The van der Waals surface area contributed by atoms with Crippen LogP contribution in [0.15, 0.2) is 24.3 Å². The maximum Gasteiger partial charge on any atom is 0.416 e. The van der Waals surface area contributed by atoms with Crippen molar-refractivity contribution in [2.24, 2.45) is 0 Å². The highest BCUT2D eigenvalue weighted by Gasteiger charge is 2.37. The number of hydrogen-bond acceptors (Lipinski definition) is 5. The van der Waals surface area contributed by atoms with Gasteiger partial charge in [-0.05, 0) is 12.1 Å². The molecule has 11 heteroatoms. The molecule has 3 N–H and O–H groups in total. The van der Waals surface area contributed by atoms with Gasteiger partial charge in [-0.3, -0.25) is 9.09 Å². The largest absolute Gasteiger partial charge is 0.416 e. The topological polar surface area (TPSA) is 96.2 Å². The third-order valence-corrected chi connectivity index (χ3v) is 2.78. The predicted molar refractivity (Wildman–Crippen MR) is 59.3 cm³/mol. The minimum Gasteiger partial charge on any atom is -0.352 e. The van der Waals surface area contributed by atoms with Gasteiger partial charge < -0.3 is 14.9 Å². The highest BCUT2D eigenvalue weighted by molar-refractivity contribution is 7.32. The van der Waals surface area contributed by atoms with E-state index >= 15 is 0 Å². The number of benzene rings is 1. The molecule has 0 saturated heterocycles. The van der Waals surface area contributed by atoms with Crippen molar-refractivity contribution in [2.45, 2.75) is 12.1 Å². The fraction of sp³-hybridized carbons (Fsp3) is 0.250. The Labute approximate surface area is 107 Å². The van der Waals surface area contributed by atoms with Crippen LogP contribution in [0.1, 0.15) is 11.1 Å². The molecule has 6 nitrogen and oxygen atoms in total. The van der Waals surface area contributed by atoms with E-state index in [0.717, 1.165) is 18.2 Å². The number of alkyl halides is 3. The zero-order chi connectivity index (χ0) is 14.7. The van der Waals surface area contributed by atoms with E-state index < -0.39 is 40.6 Å². The van der Waals surface area contributed by atoms with Gasteiger partial charge in [0, 0.05) is 5.56 Å². The van der Waals surface area contributed by atoms with Gasteiger partial charge in [0.1, 0.15) is 0 Å². The Kier molecular flexibility index (Phi) is 5.46. The first kappa shape index (κ1) is 16.5. The first-order valence-electron chi connectivity index (χ1n) is 4.58. The number of hydrogen-bond donors (Lipinski definition) is 3. The molecule has 3 unspecified atom stereocenters. The zero-order valence-electron chi connectivity index (χ0n) is 9.01. The average molecular weight is 320 g/mol. The summed E-state index contributed by atoms with van der Waals surface area (Å²) in [7, 11) is -5.09. The molecule has 3 atom stereocenters. The summed E-state index contributed by atoms with van der Waals surface area (Å²) in [6.07, 6.45) is -4.68. The second kappa shape index (κ2) is 6.28. The molecular weight excluding hydrogens is 311 g/mol. The number of aliphatic hydroxyl groups is 1. The van der Waals surface area contributed by atoms with Gasteiger partial charge in [0.05, 0.1) is 5.56 Å². The molecule has 0 heterocycles. The van der Waals surface area contributed by atoms with Crippen LogP contribution in [0.4, 0.5) is 13.2 Å². The maximum absolute atomic E-state index is 12.5. The highest BCUT2D eigenvalue weighted by Crippen LogP contribution is 2.39. The molecule has 0 amide bonds. The maximum atomic E-state index is 12.5. The summed E-state index contributed by atoms with van der Waals surface area (Å²) in [5.74, 6) is -2.93. The second-order valence-electron chi connectivity index (χ2n) is 3.22. The Morgan fingerprint density at radius 3 is 2.32 bits per heavy atom. The fourth-order valence-electron chi connectivity index (χ4n) is 1.21. The molecule has 0 aliphatic carbocycles. The quantitative estimate of drug-likeness (QED) is 0.565. The van der Waals surface area contributed by atoms with Crippen LogP contribution in [0, 0.1) is 0 Å². The van der Waals surface area contributed by atoms with Gasteiger partial charge >= 0.3 is 20.4 Å².